The molecule has 0 atom stereocenters. The maximum absolute atomic E-state index is 5.71. The Labute approximate surface area is 89.6 Å². The Morgan fingerprint density at radius 3 is 2.80 bits per heavy atom. The van der Waals surface area contributed by atoms with E-state index >= 15 is 0 Å². The van der Waals surface area contributed by atoms with E-state index in [4.69, 9.17) is 15.2 Å². The Bertz CT molecular complexity index is 305. The van der Waals surface area contributed by atoms with Crippen molar-refractivity contribution in [1.82, 2.24) is 9.97 Å². The van der Waals surface area contributed by atoms with Gasteiger partial charge in [0.1, 0.15) is 12.1 Å². The van der Waals surface area contributed by atoms with Gasteiger partial charge < -0.3 is 15.2 Å². The highest BCUT2D eigenvalue weighted by Gasteiger charge is 2.07. The highest BCUT2D eigenvalue weighted by Crippen LogP contribution is 2.19. The summed E-state index contributed by atoms with van der Waals surface area (Å²) >= 11 is 0. The number of anilines is 1. The first-order valence-electron chi connectivity index (χ1n) is 5.00. The van der Waals surface area contributed by atoms with Crippen LogP contribution in [0, 0.1) is 0 Å². The van der Waals surface area contributed by atoms with Crippen molar-refractivity contribution in [3.05, 3.63) is 11.9 Å². The standard InChI is InChI=1S/C10H17N3O2/c1-3-8-9(11)12-7-13-10(8)15-6-4-5-14-2/h7H,3-6H2,1-2H3,(H2,11,12,13). The molecule has 0 aliphatic carbocycles. The number of nitrogens with two attached hydrogens (primary N) is 1. The number of methoxy groups -OCH3 is 1. The summed E-state index contributed by atoms with van der Waals surface area (Å²) < 4.78 is 10.4. The van der Waals surface area contributed by atoms with Crippen LogP contribution in [0.25, 0.3) is 0 Å². The molecule has 84 valence electrons. The second kappa shape index (κ2) is 6.19. The van der Waals surface area contributed by atoms with Crippen LogP contribution in [0.1, 0.15) is 18.9 Å². The summed E-state index contributed by atoms with van der Waals surface area (Å²) in [5, 5.41) is 0. The minimum atomic E-state index is 0.495. The number of nitrogens with zero attached hydrogens (tertiary/aromatic N) is 2. The summed E-state index contributed by atoms with van der Waals surface area (Å²) in [6.45, 7) is 3.26. The molecule has 0 spiro atoms. The maximum Gasteiger partial charge on any atom is 0.221 e. The third-order valence-electron chi connectivity index (χ3n) is 2.02. The molecule has 0 bridgehead atoms. The fraction of sp³-hybridized carbons (Fsp3) is 0.600. The van der Waals surface area contributed by atoms with E-state index in [1.807, 2.05) is 6.92 Å². The molecular weight excluding hydrogens is 194 g/mol. The van der Waals surface area contributed by atoms with Gasteiger partial charge in [-0.25, -0.2) is 9.97 Å². The van der Waals surface area contributed by atoms with Gasteiger partial charge in [-0.3, -0.25) is 0 Å². The van der Waals surface area contributed by atoms with Crippen LogP contribution >= 0.6 is 0 Å². The van der Waals surface area contributed by atoms with E-state index in [0.29, 0.717) is 24.9 Å². The normalized spacial score (nSPS) is 10.3. The topological polar surface area (TPSA) is 70.3 Å². The predicted molar refractivity (Wildman–Crippen MR) is 57.8 cm³/mol. The van der Waals surface area contributed by atoms with Crippen molar-refractivity contribution >= 4 is 5.82 Å². The van der Waals surface area contributed by atoms with Crippen molar-refractivity contribution in [2.45, 2.75) is 19.8 Å². The average molecular weight is 211 g/mol. The van der Waals surface area contributed by atoms with Gasteiger partial charge in [-0.1, -0.05) is 6.92 Å². The number of rotatable bonds is 6. The molecule has 0 fully saturated rings. The molecule has 0 aromatic carbocycles. The van der Waals surface area contributed by atoms with Crippen LogP contribution in [0.4, 0.5) is 5.82 Å². The number of nitrogen functional groups attached to an aromatic ring is 1. The van der Waals surface area contributed by atoms with Gasteiger partial charge in [0.05, 0.1) is 12.2 Å². The predicted octanol–water partition coefficient (Wildman–Crippen LogP) is 1.04. The van der Waals surface area contributed by atoms with Crippen LogP contribution in [-0.4, -0.2) is 30.3 Å². The van der Waals surface area contributed by atoms with Gasteiger partial charge in [-0.15, -0.1) is 0 Å². The lowest BCUT2D eigenvalue weighted by molar-refractivity contribution is 0.170. The maximum atomic E-state index is 5.71. The monoisotopic (exact) mass is 211 g/mol. The van der Waals surface area contributed by atoms with Crippen molar-refractivity contribution in [2.24, 2.45) is 0 Å². The van der Waals surface area contributed by atoms with E-state index in [1.165, 1.54) is 6.33 Å². The molecule has 0 unspecified atom stereocenters. The van der Waals surface area contributed by atoms with Crippen LogP contribution in [0.3, 0.4) is 0 Å². The summed E-state index contributed by atoms with van der Waals surface area (Å²) in [4.78, 5) is 7.97. The Morgan fingerprint density at radius 2 is 2.13 bits per heavy atom. The quantitative estimate of drug-likeness (QED) is 0.712. The van der Waals surface area contributed by atoms with Crippen LogP contribution in [0.5, 0.6) is 5.88 Å². The first-order chi connectivity index (χ1) is 7.29. The SMILES string of the molecule is CCc1c(N)ncnc1OCCCOC. The van der Waals surface area contributed by atoms with Gasteiger partial charge >= 0.3 is 0 Å². The lowest BCUT2D eigenvalue weighted by Gasteiger charge is -2.09. The van der Waals surface area contributed by atoms with E-state index in [-0.39, 0.29) is 0 Å². The molecule has 15 heavy (non-hydrogen) atoms. The van der Waals surface area contributed by atoms with Crippen LogP contribution in [0.15, 0.2) is 6.33 Å². The molecule has 0 saturated heterocycles. The van der Waals surface area contributed by atoms with Gasteiger partial charge in [0.25, 0.3) is 0 Å². The van der Waals surface area contributed by atoms with Crippen molar-refractivity contribution in [2.75, 3.05) is 26.1 Å². The van der Waals surface area contributed by atoms with Crippen LogP contribution < -0.4 is 10.5 Å². The van der Waals surface area contributed by atoms with Gasteiger partial charge in [-0.2, -0.15) is 0 Å². The molecule has 1 aromatic heterocycles. The minimum Gasteiger partial charge on any atom is -0.477 e. The van der Waals surface area contributed by atoms with Crippen molar-refractivity contribution in [1.29, 1.82) is 0 Å². The molecule has 1 aromatic rings. The molecule has 2 N–H and O–H groups in total. The third kappa shape index (κ3) is 3.36. The van der Waals surface area contributed by atoms with Gasteiger partial charge in [0.2, 0.25) is 5.88 Å². The lowest BCUT2D eigenvalue weighted by atomic mass is 10.2. The molecule has 0 amide bonds. The molecule has 0 radical (unpaired) electrons. The Morgan fingerprint density at radius 1 is 1.33 bits per heavy atom. The summed E-state index contributed by atoms with van der Waals surface area (Å²) in [7, 11) is 1.67. The molecule has 0 saturated carbocycles. The van der Waals surface area contributed by atoms with E-state index in [1.54, 1.807) is 7.11 Å². The highest BCUT2D eigenvalue weighted by molar-refractivity contribution is 5.44. The van der Waals surface area contributed by atoms with E-state index in [9.17, 15) is 0 Å². The van der Waals surface area contributed by atoms with Crippen LogP contribution in [0.2, 0.25) is 0 Å². The van der Waals surface area contributed by atoms with E-state index in [0.717, 1.165) is 18.4 Å². The average Bonchev–Trinajstić information content (AvgIpc) is 2.24. The molecule has 5 heteroatoms. The van der Waals surface area contributed by atoms with E-state index in [2.05, 4.69) is 9.97 Å². The van der Waals surface area contributed by atoms with Crippen molar-refractivity contribution < 1.29 is 9.47 Å². The first-order valence-corrected chi connectivity index (χ1v) is 5.00. The fourth-order valence-electron chi connectivity index (χ4n) is 1.24. The van der Waals surface area contributed by atoms with Crippen LogP contribution in [-0.2, 0) is 11.2 Å². The second-order valence-corrected chi connectivity index (χ2v) is 3.09. The first kappa shape index (κ1) is 11.7. The minimum absolute atomic E-state index is 0.495. The molecule has 0 aliphatic rings. The molecular formula is C10H17N3O2. The van der Waals surface area contributed by atoms with Gasteiger partial charge in [0, 0.05) is 20.1 Å². The molecule has 1 rings (SSSR count). The van der Waals surface area contributed by atoms with Gasteiger partial charge in [-0.05, 0) is 6.42 Å². The summed E-state index contributed by atoms with van der Waals surface area (Å²) in [6.07, 6.45) is 3.02. The zero-order valence-corrected chi connectivity index (χ0v) is 9.19. The third-order valence-corrected chi connectivity index (χ3v) is 2.02. The summed E-state index contributed by atoms with van der Waals surface area (Å²) in [5.74, 6) is 1.08. The summed E-state index contributed by atoms with van der Waals surface area (Å²) in [5.41, 5.74) is 6.58. The molecule has 0 aliphatic heterocycles. The Balaban J connectivity index is 2.56. The van der Waals surface area contributed by atoms with Gasteiger partial charge in [0.15, 0.2) is 0 Å². The second-order valence-electron chi connectivity index (χ2n) is 3.09. The Kier molecular flexibility index (Phi) is 4.83. The number of hydrogen-bond acceptors (Lipinski definition) is 5. The van der Waals surface area contributed by atoms with Crippen molar-refractivity contribution in [3.63, 3.8) is 0 Å². The number of aromatic nitrogens is 2. The fourth-order valence-corrected chi connectivity index (χ4v) is 1.24. The smallest absolute Gasteiger partial charge is 0.221 e. The zero-order chi connectivity index (χ0) is 11.1. The number of hydrogen-bond donors (Lipinski definition) is 1. The summed E-state index contributed by atoms with van der Waals surface area (Å²) in [6, 6.07) is 0. The highest BCUT2D eigenvalue weighted by atomic mass is 16.5. The lowest BCUT2D eigenvalue weighted by Crippen LogP contribution is -2.07. The number of ether oxygens (including phenoxy) is 2. The zero-order valence-electron chi connectivity index (χ0n) is 9.19. The van der Waals surface area contributed by atoms with Crippen molar-refractivity contribution in [3.8, 4) is 5.88 Å². The largest absolute Gasteiger partial charge is 0.477 e. The Hall–Kier alpha value is -1.36. The van der Waals surface area contributed by atoms with E-state index < -0.39 is 0 Å². The molecule has 5 nitrogen and oxygen atoms in total. The molecule has 1 heterocycles.